The van der Waals surface area contributed by atoms with E-state index in [1.54, 1.807) is 0 Å². The molecule has 0 aliphatic carbocycles. The third-order valence-corrected chi connectivity index (χ3v) is 1.21. The number of unbranched alkanes of at least 4 members (excludes halogenated alkanes) is 4. The van der Waals surface area contributed by atoms with E-state index in [0.29, 0.717) is 0 Å². The Hall–Kier alpha value is 2.19. The standard InChI is InChI=1S/C7H16.CH2I2.HI/c1-3-5-7-6-4-2;2-1-3;/h3-7H2,1-2H3;1H2;1H. The highest BCUT2D eigenvalue weighted by molar-refractivity contribution is 14.2. The second-order valence-corrected chi connectivity index (χ2v) is 6.61. The molecule has 0 spiro atoms. The van der Waals surface area contributed by atoms with Crippen molar-refractivity contribution in [1.29, 1.82) is 0 Å². The minimum absolute atomic E-state index is 0. The summed E-state index contributed by atoms with van der Waals surface area (Å²) >= 11 is 4.55. The largest absolute Gasteiger partial charge is 0.107 e. The van der Waals surface area contributed by atoms with Gasteiger partial charge in [0.15, 0.2) is 0 Å². The van der Waals surface area contributed by atoms with Gasteiger partial charge in [-0.05, 0) is 0 Å². The van der Waals surface area contributed by atoms with Crippen LogP contribution in [0.4, 0.5) is 0 Å². The lowest BCUT2D eigenvalue weighted by atomic mass is 10.2. The first-order chi connectivity index (χ1) is 4.83. The first-order valence-corrected chi connectivity index (χ1v) is 7.00. The van der Waals surface area contributed by atoms with Crippen LogP contribution in [0.15, 0.2) is 0 Å². The van der Waals surface area contributed by atoms with Crippen LogP contribution in [0.2, 0.25) is 0 Å². The molecule has 0 unspecified atom stereocenters. The lowest BCUT2D eigenvalue weighted by Gasteiger charge is -1.90. The molecule has 0 bridgehead atoms. The zero-order valence-corrected chi connectivity index (χ0v) is 14.1. The van der Waals surface area contributed by atoms with E-state index in [0.717, 1.165) is 0 Å². The molecule has 0 aromatic carbocycles. The highest BCUT2D eigenvalue weighted by Gasteiger charge is 1.80. The van der Waals surface area contributed by atoms with Gasteiger partial charge in [-0.15, -0.1) is 24.0 Å². The molecule has 0 fully saturated rings. The third-order valence-electron chi connectivity index (χ3n) is 1.21. The highest BCUT2D eigenvalue weighted by Crippen LogP contribution is 2.00. The maximum Gasteiger partial charge on any atom is 0.0516 e. The van der Waals surface area contributed by atoms with Crippen molar-refractivity contribution in [2.75, 3.05) is 2.43 Å². The van der Waals surface area contributed by atoms with Crippen LogP contribution in [-0.4, -0.2) is 2.43 Å². The number of alkyl halides is 2. The summed E-state index contributed by atoms with van der Waals surface area (Å²) in [6.45, 7) is 4.49. The average molecular weight is 496 g/mol. The summed E-state index contributed by atoms with van der Waals surface area (Å²) in [6, 6.07) is 0. The molecule has 72 valence electrons. The summed E-state index contributed by atoms with van der Waals surface area (Å²) in [5.74, 6) is 0. The van der Waals surface area contributed by atoms with E-state index < -0.39 is 0 Å². The fourth-order valence-electron chi connectivity index (χ4n) is 0.677. The quantitative estimate of drug-likeness (QED) is 0.278. The molecule has 0 amide bonds. The van der Waals surface area contributed by atoms with E-state index in [9.17, 15) is 0 Å². The lowest BCUT2D eigenvalue weighted by molar-refractivity contribution is 0.656. The molecule has 0 rings (SSSR count). The molecular weight excluding hydrogens is 477 g/mol. The molecule has 11 heavy (non-hydrogen) atoms. The summed E-state index contributed by atoms with van der Waals surface area (Å²) in [6.07, 6.45) is 7.01. The van der Waals surface area contributed by atoms with Gasteiger partial charge in [-0.1, -0.05) is 91.1 Å². The Morgan fingerprint density at radius 3 is 1.27 bits per heavy atom. The van der Waals surface area contributed by atoms with Gasteiger partial charge in [0.2, 0.25) is 0 Å². The second kappa shape index (κ2) is 22.8. The second-order valence-electron chi connectivity index (χ2n) is 2.16. The summed E-state index contributed by atoms with van der Waals surface area (Å²) in [5.41, 5.74) is 0. The Labute approximate surface area is 116 Å². The zero-order valence-electron chi connectivity index (χ0n) is 7.41. The monoisotopic (exact) mass is 496 g/mol. The molecular formula is C8H19I3. The van der Waals surface area contributed by atoms with E-state index in [4.69, 9.17) is 0 Å². The SMILES string of the molecule is CCCCCCC.I.ICI. The van der Waals surface area contributed by atoms with E-state index in [1.165, 1.54) is 34.5 Å². The minimum Gasteiger partial charge on any atom is -0.107 e. The van der Waals surface area contributed by atoms with Crippen LogP contribution in [0.3, 0.4) is 0 Å². The molecule has 0 N–H and O–H groups in total. The van der Waals surface area contributed by atoms with Crippen LogP contribution in [-0.2, 0) is 0 Å². The van der Waals surface area contributed by atoms with Gasteiger partial charge in [0.1, 0.15) is 0 Å². The van der Waals surface area contributed by atoms with Crippen molar-refractivity contribution in [1.82, 2.24) is 0 Å². The van der Waals surface area contributed by atoms with E-state index >= 15 is 0 Å². The number of halogens is 3. The van der Waals surface area contributed by atoms with Crippen molar-refractivity contribution in [2.24, 2.45) is 0 Å². The normalized spacial score (nSPS) is 7.64. The summed E-state index contributed by atoms with van der Waals surface area (Å²) < 4.78 is 1.19. The van der Waals surface area contributed by atoms with Crippen LogP contribution in [0.25, 0.3) is 0 Å². The minimum atomic E-state index is 0. The third kappa shape index (κ3) is 33.0. The van der Waals surface area contributed by atoms with Gasteiger partial charge < -0.3 is 0 Å². The zero-order chi connectivity index (χ0) is 8.24. The van der Waals surface area contributed by atoms with Gasteiger partial charge >= 0.3 is 0 Å². The van der Waals surface area contributed by atoms with Crippen molar-refractivity contribution >= 4 is 69.2 Å². The van der Waals surface area contributed by atoms with Gasteiger partial charge in [-0.2, -0.15) is 0 Å². The Morgan fingerprint density at radius 1 is 0.818 bits per heavy atom. The maximum atomic E-state index is 2.28. The number of hydrogen-bond donors (Lipinski definition) is 0. The van der Waals surface area contributed by atoms with Crippen LogP contribution < -0.4 is 0 Å². The smallest absolute Gasteiger partial charge is 0.0516 e. The Kier molecular flexibility index (Phi) is 39.0. The van der Waals surface area contributed by atoms with Crippen LogP contribution in [0.1, 0.15) is 46.0 Å². The molecule has 0 aliphatic heterocycles. The lowest BCUT2D eigenvalue weighted by Crippen LogP contribution is -1.70. The van der Waals surface area contributed by atoms with E-state index in [-0.39, 0.29) is 24.0 Å². The highest BCUT2D eigenvalue weighted by atomic mass is 127. The Morgan fingerprint density at radius 2 is 1.09 bits per heavy atom. The predicted octanol–water partition coefficient (Wildman–Crippen LogP) is 5.41. The van der Waals surface area contributed by atoms with Gasteiger partial charge in [0.05, 0.1) is 2.43 Å². The summed E-state index contributed by atoms with van der Waals surface area (Å²) in [7, 11) is 0. The van der Waals surface area contributed by atoms with E-state index in [1.807, 2.05) is 0 Å². The number of hydrogen-bond acceptors (Lipinski definition) is 0. The van der Waals surface area contributed by atoms with Gasteiger partial charge in [-0.3, -0.25) is 0 Å². The molecule has 0 saturated carbocycles. The first-order valence-electron chi connectivity index (χ1n) is 3.95. The molecule has 3 heteroatoms. The Bertz CT molecular complexity index is 36.3. The molecule has 0 atom stereocenters. The van der Waals surface area contributed by atoms with Crippen LogP contribution in [0.5, 0.6) is 0 Å². The fraction of sp³-hybridized carbons (Fsp3) is 1.00. The summed E-state index contributed by atoms with van der Waals surface area (Å²) in [4.78, 5) is 0. The van der Waals surface area contributed by atoms with Gasteiger partial charge in [0, 0.05) is 0 Å². The van der Waals surface area contributed by atoms with Crippen molar-refractivity contribution in [3.8, 4) is 0 Å². The molecule has 0 aliphatic rings. The molecule has 0 saturated heterocycles. The number of rotatable bonds is 4. The maximum absolute atomic E-state index is 2.28. The van der Waals surface area contributed by atoms with Crippen molar-refractivity contribution < 1.29 is 0 Å². The average Bonchev–Trinajstić information content (AvgIpc) is 1.91. The van der Waals surface area contributed by atoms with Crippen molar-refractivity contribution in [3.05, 3.63) is 0 Å². The van der Waals surface area contributed by atoms with E-state index in [2.05, 4.69) is 59.0 Å². The fourth-order valence-corrected chi connectivity index (χ4v) is 0.677. The molecule has 0 heterocycles. The van der Waals surface area contributed by atoms with Gasteiger partial charge in [-0.25, -0.2) is 0 Å². The topological polar surface area (TPSA) is 0 Å². The first kappa shape index (κ1) is 18.9. The summed E-state index contributed by atoms with van der Waals surface area (Å²) in [5, 5.41) is 0. The van der Waals surface area contributed by atoms with Crippen molar-refractivity contribution in [2.45, 2.75) is 46.0 Å². The Balaban J connectivity index is -0.000000140. The van der Waals surface area contributed by atoms with Crippen LogP contribution in [0, 0.1) is 0 Å². The predicted molar refractivity (Wildman–Crippen MR) is 82.8 cm³/mol. The molecule has 0 nitrogen and oxygen atoms in total. The van der Waals surface area contributed by atoms with Gasteiger partial charge in [0.25, 0.3) is 0 Å². The molecule has 0 aromatic rings. The molecule has 0 aromatic heterocycles. The van der Waals surface area contributed by atoms with Crippen LogP contribution >= 0.6 is 69.2 Å². The molecule has 0 radical (unpaired) electrons. The van der Waals surface area contributed by atoms with Crippen molar-refractivity contribution in [3.63, 3.8) is 0 Å².